The fraction of sp³-hybridized carbons (Fsp3) is 0.600. The normalized spacial score (nSPS) is 21.4. The third kappa shape index (κ3) is 4.38. The van der Waals surface area contributed by atoms with Crippen LogP contribution in [0.5, 0.6) is 5.75 Å². The van der Waals surface area contributed by atoms with Gasteiger partial charge in [0.15, 0.2) is 11.6 Å². The number of hydrogen-bond acceptors (Lipinski definition) is 6. The second kappa shape index (κ2) is 9.54. The van der Waals surface area contributed by atoms with Gasteiger partial charge in [0, 0.05) is 31.4 Å². The highest BCUT2D eigenvalue weighted by Crippen LogP contribution is 2.44. The molecule has 5 rings (SSSR count). The number of hydrogen-bond donors (Lipinski definition) is 3. The smallest absolute Gasteiger partial charge is 0.341 e. The van der Waals surface area contributed by atoms with Crippen molar-refractivity contribution in [1.29, 1.82) is 0 Å². The van der Waals surface area contributed by atoms with Gasteiger partial charge in [0.1, 0.15) is 11.3 Å². The molecule has 0 radical (unpaired) electrons. The molecule has 0 spiro atoms. The first-order chi connectivity index (χ1) is 16.5. The number of ether oxygens (including phenoxy) is 1. The number of anilines is 1. The van der Waals surface area contributed by atoms with E-state index in [0.717, 1.165) is 71.2 Å². The number of fused-ring (bicyclic) bond motifs is 1. The third-order valence-electron chi connectivity index (χ3n) is 7.50. The van der Waals surface area contributed by atoms with Crippen molar-refractivity contribution in [3.05, 3.63) is 33.9 Å². The Morgan fingerprint density at radius 1 is 1.26 bits per heavy atom. The maximum Gasteiger partial charge on any atom is 0.341 e. The SMILES string of the molecule is COc1c(N2CCC(CCNC3CCNCC3)C2)c(F)cc2c(=O)c(C(=O)O)cn(C3CC3)c12. The van der Waals surface area contributed by atoms with Gasteiger partial charge in [0.25, 0.3) is 0 Å². The van der Waals surface area contributed by atoms with Crippen molar-refractivity contribution >= 4 is 22.6 Å². The molecule has 2 aliphatic heterocycles. The molecule has 1 unspecified atom stereocenters. The summed E-state index contributed by atoms with van der Waals surface area (Å²) in [5.41, 5.74) is -0.143. The Labute approximate surface area is 198 Å². The molecule has 0 bridgehead atoms. The van der Waals surface area contributed by atoms with Gasteiger partial charge in [-0.1, -0.05) is 0 Å². The van der Waals surface area contributed by atoms with Gasteiger partial charge >= 0.3 is 5.97 Å². The molecule has 1 aromatic heterocycles. The van der Waals surface area contributed by atoms with Crippen LogP contribution < -0.4 is 25.7 Å². The van der Waals surface area contributed by atoms with E-state index in [2.05, 4.69) is 10.6 Å². The minimum absolute atomic E-state index is 0.0619. The summed E-state index contributed by atoms with van der Waals surface area (Å²) in [5.74, 6) is -1.07. The Morgan fingerprint density at radius 3 is 2.71 bits per heavy atom. The van der Waals surface area contributed by atoms with Crippen LogP contribution >= 0.6 is 0 Å². The number of aromatic nitrogens is 1. The molecule has 1 aliphatic carbocycles. The minimum Gasteiger partial charge on any atom is -0.492 e. The summed E-state index contributed by atoms with van der Waals surface area (Å²) in [6, 6.07) is 1.87. The van der Waals surface area contributed by atoms with Gasteiger partial charge in [0.05, 0.1) is 18.0 Å². The van der Waals surface area contributed by atoms with Crippen molar-refractivity contribution in [2.24, 2.45) is 5.92 Å². The number of rotatable bonds is 8. The summed E-state index contributed by atoms with van der Waals surface area (Å²) in [6.07, 6.45) is 7.50. The maximum atomic E-state index is 15.5. The lowest BCUT2D eigenvalue weighted by Crippen LogP contribution is -2.40. The number of carboxylic acids is 1. The molecule has 8 nitrogen and oxygen atoms in total. The van der Waals surface area contributed by atoms with Gasteiger partial charge in [0.2, 0.25) is 5.43 Å². The van der Waals surface area contributed by atoms with E-state index in [0.29, 0.717) is 28.9 Å². The van der Waals surface area contributed by atoms with Crippen LogP contribution in [0.1, 0.15) is 54.9 Å². The zero-order valence-corrected chi connectivity index (χ0v) is 19.6. The monoisotopic (exact) mass is 472 g/mol. The van der Waals surface area contributed by atoms with Crippen molar-refractivity contribution in [2.75, 3.05) is 44.7 Å². The van der Waals surface area contributed by atoms with E-state index >= 15 is 4.39 Å². The van der Waals surface area contributed by atoms with Crippen molar-refractivity contribution in [1.82, 2.24) is 15.2 Å². The predicted octanol–water partition coefficient (Wildman–Crippen LogP) is 2.74. The highest BCUT2D eigenvalue weighted by atomic mass is 19.1. The van der Waals surface area contributed by atoms with Crippen molar-refractivity contribution in [2.45, 2.75) is 50.6 Å². The highest BCUT2D eigenvalue weighted by Gasteiger charge is 2.33. The highest BCUT2D eigenvalue weighted by molar-refractivity contribution is 5.97. The summed E-state index contributed by atoms with van der Waals surface area (Å²) in [5, 5.41) is 16.6. The summed E-state index contributed by atoms with van der Waals surface area (Å²) in [7, 11) is 1.49. The number of methoxy groups -OCH3 is 1. The number of aromatic carboxylic acids is 1. The lowest BCUT2D eigenvalue weighted by atomic mass is 10.0. The number of pyridine rings is 1. The van der Waals surface area contributed by atoms with Gasteiger partial charge in [-0.15, -0.1) is 0 Å². The van der Waals surface area contributed by atoms with E-state index in [1.54, 1.807) is 4.57 Å². The first kappa shape index (κ1) is 23.1. The van der Waals surface area contributed by atoms with Crippen molar-refractivity contribution < 1.29 is 19.0 Å². The van der Waals surface area contributed by atoms with E-state index in [9.17, 15) is 14.7 Å². The molecule has 184 valence electrons. The van der Waals surface area contributed by atoms with Crippen LogP contribution in [0.25, 0.3) is 10.9 Å². The van der Waals surface area contributed by atoms with Crippen LogP contribution in [0.4, 0.5) is 10.1 Å². The van der Waals surface area contributed by atoms with Crippen LogP contribution in [-0.2, 0) is 0 Å². The fourth-order valence-corrected chi connectivity index (χ4v) is 5.51. The number of nitrogens with zero attached hydrogens (tertiary/aromatic N) is 2. The summed E-state index contributed by atoms with van der Waals surface area (Å²) >= 11 is 0. The zero-order chi connectivity index (χ0) is 23.8. The molecule has 2 aromatic rings. The second-order valence-electron chi connectivity index (χ2n) is 9.82. The molecule has 1 atom stereocenters. The van der Waals surface area contributed by atoms with Gasteiger partial charge < -0.3 is 29.9 Å². The van der Waals surface area contributed by atoms with E-state index < -0.39 is 17.2 Å². The molecule has 34 heavy (non-hydrogen) atoms. The van der Waals surface area contributed by atoms with Crippen molar-refractivity contribution in [3.8, 4) is 5.75 Å². The summed E-state index contributed by atoms with van der Waals surface area (Å²) in [6.45, 7) is 4.54. The number of piperidine rings is 1. The average Bonchev–Trinajstić information content (AvgIpc) is 3.57. The van der Waals surface area contributed by atoms with Crippen LogP contribution in [0.2, 0.25) is 0 Å². The van der Waals surface area contributed by atoms with Gasteiger partial charge in [-0.2, -0.15) is 0 Å². The standard InChI is InChI=1S/C25H33FN4O4/c1-34-24-21-18(23(31)19(25(32)33)14-30(21)17-2-3-17)12-20(26)22(24)29-11-7-15(13-29)4-10-28-16-5-8-27-9-6-16/h12,14-17,27-28H,2-11,13H2,1H3,(H,32,33). The number of carboxylic acid groups (broad SMARTS) is 1. The summed E-state index contributed by atoms with van der Waals surface area (Å²) in [4.78, 5) is 26.5. The van der Waals surface area contributed by atoms with Crippen molar-refractivity contribution in [3.63, 3.8) is 0 Å². The largest absolute Gasteiger partial charge is 0.492 e. The van der Waals surface area contributed by atoms with Gasteiger partial charge in [-0.25, -0.2) is 9.18 Å². The predicted molar refractivity (Wildman–Crippen MR) is 129 cm³/mol. The number of carbonyl (C=O) groups is 1. The summed E-state index contributed by atoms with van der Waals surface area (Å²) < 4.78 is 23.0. The Hall–Kier alpha value is -2.65. The molecule has 3 heterocycles. The quantitative estimate of drug-likeness (QED) is 0.544. The number of benzene rings is 1. The average molecular weight is 473 g/mol. The minimum atomic E-state index is -1.30. The Kier molecular flexibility index (Phi) is 6.48. The molecule has 2 saturated heterocycles. The molecule has 0 amide bonds. The fourth-order valence-electron chi connectivity index (χ4n) is 5.51. The Balaban J connectivity index is 1.42. The number of halogens is 1. The van der Waals surface area contributed by atoms with E-state index in [1.165, 1.54) is 19.4 Å². The molecule has 9 heteroatoms. The van der Waals surface area contributed by atoms with E-state index in [-0.39, 0.29) is 17.0 Å². The van der Waals surface area contributed by atoms with E-state index in [1.807, 2.05) is 4.90 Å². The van der Waals surface area contributed by atoms with Crippen LogP contribution in [0.15, 0.2) is 17.1 Å². The molecular formula is C25H33FN4O4. The molecular weight excluding hydrogens is 439 g/mol. The Morgan fingerprint density at radius 2 is 2.03 bits per heavy atom. The van der Waals surface area contributed by atoms with Crippen LogP contribution in [0.3, 0.4) is 0 Å². The lowest BCUT2D eigenvalue weighted by molar-refractivity contribution is 0.0694. The molecule has 1 saturated carbocycles. The Bertz CT molecular complexity index is 1140. The third-order valence-corrected chi connectivity index (χ3v) is 7.50. The van der Waals surface area contributed by atoms with Crippen LogP contribution in [-0.4, -0.2) is 61.5 Å². The topological polar surface area (TPSA) is 95.8 Å². The number of nitrogens with one attached hydrogen (secondary N) is 2. The van der Waals surface area contributed by atoms with Gasteiger partial charge in [-0.05, 0) is 70.1 Å². The van der Waals surface area contributed by atoms with Gasteiger partial charge in [-0.3, -0.25) is 4.79 Å². The molecule has 3 aliphatic rings. The van der Waals surface area contributed by atoms with E-state index in [4.69, 9.17) is 4.74 Å². The molecule has 1 aromatic carbocycles. The first-order valence-electron chi connectivity index (χ1n) is 12.4. The second-order valence-corrected chi connectivity index (χ2v) is 9.82. The molecule has 3 N–H and O–H groups in total. The lowest BCUT2D eigenvalue weighted by Gasteiger charge is -2.25. The van der Waals surface area contributed by atoms with Crippen LogP contribution in [0, 0.1) is 11.7 Å². The zero-order valence-electron chi connectivity index (χ0n) is 19.6. The molecule has 3 fully saturated rings. The maximum absolute atomic E-state index is 15.5. The first-order valence-corrected chi connectivity index (χ1v) is 12.4.